The fourth-order valence-corrected chi connectivity index (χ4v) is 3.13. The molecule has 2 aromatic heterocycles. The van der Waals surface area contributed by atoms with Gasteiger partial charge >= 0.3 is 0 Å². The van der Waals surface area contributed by atoms with Gasteiger partial charge in [0.15, 0.2) is 5.69 Å². The molecule has 1 N–H and O–H groups in total. The Morgan fingerprint density at radius 1 is 1.25 bits per heavy atom. The molecule has 0 saturated carbocycles. The van der Waals surface area contributed by atoms with Crippen molar-refractivity contribution in [3.8, 4) is 0 Å². The summed E-state index contributed by atoms with van der Waals surface area (Å²) in [6, 6.07) is 5.81. The Morgan fingerprint density at radius 2 is 2.00 bits per heavy atom. The van der Waals surface area contributed by atoms with Gasteiger partial charge in [0.25, 0.3) is 5.91 Å². The predicted molar refractivity (Wildman–Crippen MR) is 92.0 cm³/mol. The minimum Gasteiger partial charge on any atom is -0.395 e. The molecule has 0 unspecified atom stereocenters. The SMILES string of the molecule is CN(C)Cc1c(C(=O)N2CCN(CCO)CC2)nc2ccccn12. The third kappa shape index (κ3) is 3.43. The molecule has 0 radical (unpaired) electrons. The zero-order valence-corrected chi connectivity index (χ0v) is 14.4. The number of aliphatic hydroxyl groups excluding tert-OH is 1. The van der Waals surface area contributed by atoms with E-state index >= 15 is 0 Å². The second kappa shape index (κ2) is 7.29. The fourth-order valence-electron chi connectivity index (χ4n) is 3.13. The van der Waals surface area contributed by atoms with Crippen molar-refractivity contribution in [1.82, 2.24) is 24.1 Å². The highest BCUT2D eigenvalue weighted by Gasteiger charge is 2.26. The van der Waals surface area contributed by atoms with E-state index in [-0.39, 0.29) is 12.5 Å². The van der Waals surface area contributed by atoms with E-state index in [4.69, 9.17) is 5.11 Å². The number of nitrogens with zero attached hydrogens (tertiary/aromatic N) is 5. The normalized spacial score (nSPS) is 16.2. The first-order valence-corrected chi connectivity index (χ1v) is 8.33. The molecule has 0 aromatic carbocycles. The second-order valence-corrected chi connectivity index (χ2v) is 6.43. The number of fused-ring (bicyclic) bond motifs is 1. The van der Waals surface area contributed by atoms with Crippen LogP contribution in [0.4, 0.5) is 0 Å². The van der Waals surface area contributed by atoms with Gasteiger partial charge in [0.1, 0.15) is 5.65 Å². The topological polar surface area (TPSA) is 64.3 Å². The summed E-state index contributed by atoms with van der Waals surface area (Å²) in [6.45, 7) is 4.43. The number of hydrogen-bond donors (Lipinski definition) is 1. The third-order valence-corrected chi connectivity index (χ3v) is 4.37. The number of amides is 1. The van der Waals surface area contributed by atoms with Gasteiger partial charge in [-0.25, -0.2) is 4.98 Å². The van der Waals surface area contributed by atoms with Crippen LogP contribution in [-0.4, -0.2) is 88.5 Å². The van der Waals surface area contributed by atoms with Gasteiger partial charge in [0, 0.05) is 45.5 Å². The van der Waals surface area contributed by atoms with Gasteiger partial charge in [0.2, 0.25) is 0 Å². The van der Waals surface area contributed by atoms with Crippen molar-refractivity contribution in [2.45, 2.75) is 6.54 Å². The van der Waals surface area contributed by atoms with Crippen molar-refractivity contribution < 1.29 is 9.90 Å². The molecule has 24 heavy (non-hydrogen) atoms. The van der Waals surface area contributed by atoms with E-state index in [2.05, 4.69) is 9.88 Å². The Hall–Kier alpha value is -1.96. The average molecular weight is 331 g/mol. The summed E-state index contributed by atoms with van der Waals surface area (Å²) >= 11 is 0. The number of carbonyl (C=O) groups is 1. The van der Waals surface area contributed by atoms with Gasteiger partial charge in [-0.05, 0) is 26.2 Å². The summed E-state index contributed by atoms with van der Waals surface area (Å²) in [6.07, 6.45) is 1.96. The Bertz CT molecular complexity index is 704. The van der Waals surface area contributed by atoms with E-state index in [0.717, 1.165) is 24.4 Å². The number of pyridine rings is 1. The zero-order chi connectivity index (χ0) is 17.1. The summed E-state index contributed by atoms with van der Waals surface area (Å²) < 4.78 is 2.00. The lowest BCUT2D eigenvalue weighted by Crippen LogP contribution is -2.49. The first-order chi connectivity index (χ1) is 11.6. The molecule has 3 heterocycles. The maximum atomic E-state index is 13.0. The molecular formula is C17H25N5O2. The van der Waals surface area contributed by atoms with Crippen LogP contribution in [0.5, 0.6) is 0 Å². The van der Waals surface area contributed by atoms with E-state index < -0.39 is 0 Å². The molecule has 7 heteroatoms. The van der Waals surface area contributed by atoms with Crippen molar-refractivity contribution in [1.29, 1.82) is 0 Å². The van der Waals surface area contributed by atoms with Crippen molar-refractivity contribution in [3.05, 3.63) is 35.8 Å². The van der Waals surface area contributed by atoms with Crippen LogP contribution in [0.1, 0.15) is 16.2 Å². The predicted octanol–water partition coefficient (Wildman–Crippen LogP) is 0.146. The number of imidazole rings is 1. The van der Waals surface area contributed by atoms with Gasteiger partial charge in [0.05, 0.1) is 12.3 Å². The lowest BCUT2D eigenvalue weighted by atomic mass is 10.2. The fraction of sp³-hybridized carbons (Fsp3) is 0.529. The van der Waals surface area contributed by atoms with Crippen LogP contribution >= 0.6 is 0 Å². The van der Waals surface area contributed by atoms with Gasteiger partial charge in [-0.3, -0.25) is 9.69 Å². The maximum absolute atomic E-state index is 13.0. The number of hydrogen-bond acceptors (Lipinski definition) is 5. The quantitative estimate of drug-likeness (QED) is 0.845. The molecule has 3 rings (SSSR count). The summed E-state index contributed by atoms with van der Waals surface area (Å²) in [5.41, 5.74) is 2.28. The van der Waals surface area contributed by atoms with E-state index in [1.807, 2.05) is 52.7 Å². The molecule has 0 atom stereocenters. The van der Waals surface area contributed by atoms with Gasteiger partial charge in [-0.1, -0.05) is 6.07 Å². The molecule has 7 nitrogen and oxygen atoms in total. The van der Waals surface area contributed by atoms with Crippen LogP contribution in [-0.2, 0) is 6.54 Å². The highest BCUT2D eigenvalue weighted by Crippen LogP contribution is 2.17. The van der Waals surface area contributed by atoms with Crippen LogP contribution in [0.3, 0.4) is 0 Å². The van der Waals surface area contributed by atoms with Crippen LogP contribution in [0.15, 0.2) is 24.4 Å². The summed E-state index contributed by atoms with van der Waals surface area (Å²) in [4.78, 5) is 23.7. The number of piperazine rings is 1. The summed E-state index contributed by atoms with van der Waals surface area (Å²) in [7, 11) is 3.98. The number of aromatic nitrogens is 2. The molecule has 1 fully saturated rings. The molecule has 0 bridgehead atoms. The van der Waals surface area contributed by atoms with Crippen molar-refractivity contribution >= 4 is 11.6 Å². The lowest BCUT2D eigenvalue weighted by Gasteiger charge is -2.34. The van der Waals surface area contributed by atoms with Crippen molar-refractivity contribution in [2.75, 3.05) is 53.4 Å². The van der Waals surface area contributed by atoms with E-state index in [1.165, 1.54) is 0 Å². The lowest BCUT2D eigenvalue weighted by molar-refractivity contribution is 0.0608. The highest BCUT2D eigenvalue weighted by atomic mass is 16.3. The largest absolute Gasteiger partial charge is 0.395 e. The third-order valence-electron chi connectivity index (χ3n) is 4.37. The van der Waals surface area contributed by atoms with Crippen LogP contribution < -0.4 is 0 Å². The minimum absolute atomic E-state index is 0.000742. The Labute approximate surface area is 142 Å². The van der Waals surface area contributed by atoms with Crippen LogP contribution in [0.25, 0.3) is 5.65 Å². The first-order valence-electron chi connectivity index (χ1n) is 8.33. The number of β-amino-alcohol motifs (C(OH)–C–C–N with tert-alkyl or cyclic N) is 1. The molecule has 1 aliphatic rings. The summed E-state index contributed by atoms with van der Waals surface area (Å²) in [5, 5.41) is 9.03. The first kappa shape index (κ1) is 16.9. The second-order valence-electron chi connectivity index (χ2n) is 6.43. The molecule has 1 aliphatic heterocycles. The Morgan fingerprint density at radius 3 is 2.67 bits per heavy atom. The molecule has 2 aromatic rings. The standard InChI is InChI=1S/C17H25N5O2/c1-19(2)13-14-16(18-15-5-3-4-6-22(14)15)17(24)21-9-7-20(8-10-21)11-12-23/h3-6,23H,7-13H2,1-2H3. The maximum Gasteiger partial charge on any atom is 0.274 e. The Balaban J connectivity index is 1.84. The van der Waals surface area contributed by atoms with Crippen LogP contribution in [0, 0.1) is 0 Å². The molecular weight excluding hydrogens is 306 g/mol. The zero-order valence-electron chi connectivity index (χ0n) is 14.4. The van der Waals surface area contributed by atoms with E-state index in [0.29, 0.717) is 31.9 Å². The molecule has 1 amide bonds. The smallest absolute Gasteiger partial charge is 0.274 e. The van der Waals surface area contributed by atoms with Crippen molar-refractivity contribution in [3.63, 3.8) is 0 Å². The van der Waals surface area contributed by atoms with Crippen LogP contribution in [0.2, 0.25) is 0 Å². The van der Waals surface area contributed by atoms with E-state index in [9.17, 15) is 4.79 Å². The van der Waals surface area contributed by atoms with E-state index in [1.54, 1.807) is 0 Å². The number of rotatable bonds is 5. The molecule has 0 spiro atoms. The number of carbonyl (C=O) groups excluding carboxylic acids is 1. The Kier molecular flexibility index (Phi) is 5.13. The average Bonchev–Trinajstić information content (AvgIpc) is 2.93. The monoisotopic (exact) mass is 331 g/mol. The van der Waals surface area contributed by atoms with Gasteiger partial charge < -0.3 is 19.3 Å². The van der Waals surface area contributed by atoms with Crippen molar-refractivity contribution in [2.24, 2.45) is 0 Å². The molecule has 1 saturated heterocycles. The molecule has 130 valence electrons. The van der Waals surface area contributed by atoms with Gasteiger partial charge in [-0.15, -0.1) is 0 Å². The summed E-state index contributed by atoms with van der Waals surface area (Å²) in [5.74, 6) is -0.000742. The van der Waals surface area contributed by atoms with Gasteiger partial charge in [-0.2, -0.15) is 0 Å². The molecule has 0 aliphatic carbocycles. The number of aliphatic hydroxyl groups is 1. The minimum atomic E-state index is -0.000742. The highest BCUT2D eigenvalue weighted by molar-refractivity contribution is 5.94.